The van der Waals surface area contributed by atoms with E-state index in [0.29, 0.717) is 22.4 Å². The van der Waals surface area contributed by atoms with Crippen molar-refractivity contribution >= 4 is 29.5 Å². The fourth-order valence-corrected chi connectivity index (χ4v) is 3.53. The van der Waals surface area contributed by atoms with E-state index in [4.69, 9.17) is 15.6 Å². The van der Waals surface area contributed by atoms with Crippen LogP contribution in [0.3, 0.4) is 0 Å². The van der Waals surface area contributed by atoms with Crippen LogP contribution in [0.25, 0.3) is 11.1 Å². The third-order valence-electron chi connectivity index (χ3n) is 5.19. The van der Waals surface area contributed by atoms with Gasteiger partial charge < -0.3 is 25.8 Å². The normalized spacial score (nSPS) is 15.1. The summed E-state index contributed by atoms with van der Waals surface area (Å²) in [7, 11) is 0. The summed E-state index contributed by atoms with van der Waals surface area (Å²) in [5.41, 5.74) is 7.01. The average molecular weight is 472 g/mol. The van der Waals surface area contributed by atoms with Crippen LogP contribution in [-0.4, -0.2) is 66.2 Å². The highest BCUT2D eigenvalue weighted by Crippen LogP contribution is 2.29. The van der Waals surface area contributed by atoms with E-state index in [1.165, 1.54) is 17.9 Å². The zero-order valence-electron chi connectivity index (χ0n) is 18.5. The lowest BCUT2D eigenvalue weighted by Crippen LogP contribution is -2.39. The van der Waals surface area contributed by atoms with Gasteiger partial charge in [0.15, 0.2) is 0 Å². The van der Waals surface area contributed by atoms with Crippen LogP contribution in [0, 0.1) is 5.82 Å². The predicted octanol–water partition coefficient (Wildman–Crippen LogP) is 0.760. The maximum atomic E-state index is 14.9. The Bertz CT molecular complexity index is 1090. The van der Waals surface area contributed by atoms with E-state index in [1.807, 2.05) is 0 Å². The maximum Gasteiger partial charge on any atom is 0.414 e. The smallest absolute Gasteiger partial charge is 0.414 e. The van der Waals surface area contributed by atoms with Crippen LogP contribution in [0.2, 0.25) is 0 Å². The van der Waals surface area contributed by atoms with Crippen LogP contribution in [-0.2, 0) is 25.7 Å². The van der Waals surface area contributed by atoms with Crippen molar-refractivity contribution in [2.45, 2.75) is 19.6 Å². The molecule has 1 heterocycles. The minimum atomic E-state index is -0.749. The predicted molar refractivity (Wildman–Crippen MR) is 120 cm³/mol. The molecule has 1 fully saturated rings. The van der Waals surface area contributed by atoms with Gasteiger partial charge in [-0.25, -0.2) is 9.18 Å². The summed E-state index contributed by atoms with van der Waals surface area (Å²) in [6.45, 7) is 0.692. The quantitative estimate of drug-likeness (QED) is 0.492. The summed E-state index contributed by atoms with van der Waals surface area (Å²) in [5.74, 6) is -2.13. The molecule has 10 nitrogen and oxygen atoms in total. The van der Waals surface area contributed by atoms with Crippen molar-refractivity contribution in [2.24, 2.45) is 5.73 Å². The Labute approximate surface area is 195 Å². The van der Waals surface area contributed by atoms with Crippen molar-refractivity contribution < 1.29 is 33.4 Å². The van der Waals surface area contributed by atoms with Gasteiger partial charge >= 0.3 is 6.09 Å². The second-order valence-corrected chi connectivity index (χ2v) is 7.79. The lowest BCUT2D eigenvalue weighted by Gasteiger charge is -2.20. The number of hydrogen-bond acceptors (Lipinski definition) is 6. The number of aliphatic hydroxyl groups is 1. The average Bonchev–Trinajstić information content (AvgIpc) is 3.17. The second kappa shape index (κ2) is 10.8. The first-order valence-electron chi connectivity index (χ1n) is 10.5. The van der Waals surface area contributed by atoms with Gasteiger partial charge in [0.25, 0.3) is 0 Å². The van der Waals surface area contributed by atoms with Crippen molar-refractivity contribution in [3.63, 3.8) is 0 Å². The largest absolute Gasteiger partial charge is 0.442 e. The highest BCUT2D eigenvalue weighted by molar-refractivity contribution is 5.90. The number of nitrogens with one attached hydrogen (secondary N) is 1. The molecule has 0 saturated carbocycles. The van der Waals surface area contributed by atoms with Gasteiger partial charge in [-0.1, -0.05) is 24.3 Å². The number of ether oxygens (including phenoxy) is 1. The van der Waals surface area contributed by atoms with E-state index in [1.54, 1.807) is 36.4 Å². The van der Waals surface area contributed by atoms with E-state index < -0.39 is 36.4 Å². The zero-order chi connectivity index (χ0) is 24.8. The highest BCUT2D eigenvalue weighted by Gasteiger charge is 2.32. The van der Waals surface area contributed by atoms with Gasteiger partial charge in [0.2, 0.25) is 17.7 Å². The van der Waals surface area contributed by atoms with E-state index in [2.05, 4.69) is 5.32 Å². The van der Waals surface area contributed by atoms with Gasteiger partial charge in [0.05, 0.1) is 25.3 Å². The minimum Gasteiger partial charge on any atom is -0.442 e. The van der Waals surface area contributed by atoms with Gasteiger partial charge in [-0.3, -0.25) is 19.3 Å². The Morgan fingerprint density at radius 3 is 2.53 bits per heavy atom. The summed E-state index contributed by atoms with van der Waals surface area (Å²) in [4.78, 5) is 48.6. The Morgan fingerprint density at radius 2 is 1.94 bits per heavy atom. The Morgan fingerprint density at radius 1 is 1.24 bits per heavy atom. The molecule has 0 radical (unpaired) electrons. The Balaban J connectivity index is 1.71. The number of hydrogen-bond donors (Lipinski definition) is 3. The Hall–Kier alpha value is -3.99. The van der Waals surface area contributed by atoms with Gasteiger partial charge in [-0.05, 0) is 29.3 Å². The number of amides is 4. The van der Waals surface area contributed by atoms with Crippen LogP contribution >= 0.6 is 0 Å². The monoisotopic (exact) mass is 472 g/mol. The second-order valence-electron chi connectivity index (χ2n) is 7.79. The molecule has 2 aromatic rings. The zero-order valence-corrected chi connectivity index (χ0v) is 18.5. The van der Waals surface area contributed by atoms with E-state index >= 15 is 0 Å². The number of benzene rings is 2. The van der Waals surface area contributed by atoms with Crippen molar-refractivity contribution in [1.29, 1.82) is 0 Å². The number of carbonyl (C=O) groups is 4. The molecule has 1 atom stereocenters. The number of nitrogens with two attached hydrogens (primary N) is 1. The SMILES string of the molecule is CC(=O)NC[C@H]1CN(c2ccc(-c3ccc(CN(CC(N)=O)C(=O)CO)cc3)c(F)c2)C(=O)O1. The first-order chi connectivity index (χ1) is 16.2. The number of cyclic esters (lactones) is 1. The molecular formula is C23H25FN4O6. The van der Waals surface area contributed by atoms with E-state index in [-0.39, 0.29) is 32.1 Å². The number of halogens is 1. The molecule has 4 N–H and O–H groups in total. The summed E-state index contributed by atoms with van der Waals surface area (Å²) >= 11 is 0. The van der Waals surface area contributed by atoms with Crippen LogP contribution in [0.5, 0.6) is 0 Å². The molecular weight excluding hydrogens is 447 g/mol. The van der Waals surface area contributed by atoms with Crippen molar-refractivity contribution in [2.75, 3.05) is 31.1 Å². The molecule has 0 spiro atoms. The van der Waals surface area contributed by atoms with Crippen LogP contribution in [0.15, 0.2) is 42.5 Å². The molecule has 11 heteroatoms. The lowest BCUT2D eigenvalue weighted by molar-refractivity contribution is -0.138. The number of primary amides is 1. The molecule has 3 rings (SSSR count). The fraction of sp³-hybridized carbons (Fsp3) is 0.304. The molecule has 180 valence electrons. The van der Waals surface area contributed by atoms with Gasteiger partial charge in [0, 0.05) is 19.0 Å². The minimum absolute atomic E-state index is 0.0563. The van der Waals surface area contributed by atoms with Crippen molar-refractivity contribution in [3.8, 4) is 11.1 Å². The van der Waals surface area contributed by atoms with E-state index in [0.717, 1.165) is 4.90 Å². The number of aliphatic hydroxyl groups excluding tert-OH is 1. The molecule has 0 unspecified atom stereocenters. The molecule has 0 aliphatic carbocycles. The third kappa shape index (κ3) is 6.07. The molecule has 2 aromatic carbocycles. The molecule has 0 aromatic heterocycles. The van der Waals surface area contributed by atoms with Crippen LogP contribution in [0.1, 0.15) is 12.5 Å². The van der Waals surface area contributed by atoms with Gasteiger partial charge in [-0.2, -0.15) is 0 Å². The highest BCUT2D eigenvalue weighted by atomic mass is 19.1. The summed E-state index contributed by atoms with van der Waals surface area (Å²) in [6, 6.07) is 11.0. The van der Waals surface area contributed by atoms with Crippen LogP contribution in [0.4, 0.5) is 14.9 Å². The molecule has 0 bridgehead atoms. The fourth-order valence-electron chi connectivity index (χ4n) is 3.53. The molecule has 4 amide bonds. The number of nitrogens with zero attached hydrogens (tertiary/aromatic N) is 2. The summed E-state index contributed by atoms with van der Waals surface area (Å²) in [6.07, 6.45) is -1.15. The molecule has 1 aliphatic rings. The summed E-state index contributed by atoms with van der Waals surface area (Å²) < 4.78 is 20.1. The Kier molecular flexibility index (Phi) is 7.79. The topological polar surface area (TPSA) is 142 Å². The summed E-state index contributed by atoms with van der Waals surface area (Å²) in [5, 5.41) is 11.6. The lowest BCUT2D eigenvalue weighted by atomic mass is 10.0. The first-order valence-corrected chi connectivity index (χ1v) is 10.5. The first kappa shape index (κ1) is 24.6. The molecule has 34 heavy (non-hydrogen) atoms. The van der Waals surface area contributed by atoms with Gasteiger partial charge in [0.1, 0.15) is 18.5 Å². The standard InChI is InChI=1S/C23H25FN4O6/c1-14(30)26-9-18-11-28(23(33)34-18)17-6-7-19(20(24)8-17)16-4-2-15(3-5-16)10-27(12-21(25)31)22(32)13-29/h2-8,18,29H,9-13H2,1H3,(H2,25,31)(H,26,30)/t18-/m0/s1. The van der Waals surface area contributed by atoms with Crippen molar-refractivity contribution in [3.05, 3.63) is 53.8 Å². The number of carbonyl (C=O) groups excluding carboxylic acids is 4. The molecule has 1 aliphatic heterocycles. The van der Waals surface area contributed by atoms with E-state index in [9.17, 15) is 23.6 Å². The van der Waals surface area contributed by atoms with Crippen LogP contribution < -0.4 is 16.0 Å². The maximum absolute atomic E-state index is 14.9. The number of anilines is 1. The molecule has 1 saturated heterocycles. The van der Waals surface area contributed by atoms with Gasteiger partial charge in [-0.15, -0.1) is 0 Å². The van der Waals surface area contributed by atoms with Crippen molar-refractivity contribution in [1.82, 2.24) is 10.2 Å². The third-order valence-corrected chi connectivity index (χ3v) is 5.19. The number of rotatable bonds is 9.